The van der Waals surface area contributed by atoms with E-state index in [2.05, 4.69) is 15.0 Å². The molecule has 2 atom stereocenters. The van der Waals surface area contributed by atoms with Gasteiger partial charge < -0.3 is 20.1 Å². The van der Waals surface area contributed by atoms with Crippen molar-refractivity contribution < 1.29 is 32.2 Å². The molecule has 2 aromatic carbocycles. The number of amides is 1. The summed E-state index contributed by atoms with van der Waals surface area (Å²) in [5, 5.41) is 13.2. The number of benzene rings is 2. The van der Waals surface area contributed by atoms with Gasteiger partial charge in [0.25, 0.3) is 0 Å². The molecule has 2 aliphatic rings. The van der Waals surface area contributed by atoms with Crippen LogP contribution in [0.5, 0.6) is 0 Å². The summed E-state index contributed by atoms with van der Waals surface area (Å²) >= 11 is 1.42. The van der Waals surface area contributed by atoms with Crippen LogP contribution in [-0.4, -0.2) is 81.4 Å². The number of aryl methyl sites for hydroxylation is 1. The number of methoxy groups -OCH3 is 1. The lowest BCUT2D eigenvalue weighted by atomic mass is 9.92. The van der Waals surface area contributed by atoms with Crippen LogP contribution in [-0.2, 0) is 43.6 Å². The second kappa shape index (κ2) is 14.3. The monoisotopic (exact) mass is 646 g/mol. The number of sulfonamides is 1. The Morgan fingerprint density at radius 2 is 2.00 bits per heavy atom. The third-order valence-electron chi connectivity index (χ3n) is 8.40. The van der Waals surface area contributed by atoms with Crippen molar-refractivity contribution in [2.45, 2.75) is 55.9 Å². The average Bonchev–Trinajstić information content (AvgIpc) is 3.42. The number of anilines is 1. The molecule has 1 fully saturated rings. The maximum absolute atomic E-state index is 14.2. The van der Waals surface area contributed by atoms with Crippen molar-refractivity contribution in [1.29, 1.82) is 0 Å². The lowest BCUT2D eigenvalue weighted by Crippen LogP contribution is -2.51. The summed E-state index contributed by atoms with van der Waals surface area (Å²) in [4.78, 5) is 31.6. The number of alkyl halides is 1. The molecule has 10 nitrogen and oxygen atoms in total. The lowest BCUT2D eigenvalue weighted by molar-refractivity contribution is -0.137. The van der Waals surface area contributed by atoms with E-state index in [0.717, 1.165) is 15.8 Å². The third kappa shape index (κ3) is 7.74. The van der Waals surface area contributed by atoms with E-state index in [0.29, 0.717) is 68.2 Å². The van der Waals surface area contributed by atoms with Gasteiger partial charge in [-0.05, 0) is 67.3 Å². The number of likely N-dealkylation sites (tertiary alicyclic amines) is 1. The van der Waals surface area contributed by atoms with Gasteiger partial charge in [-0.25, -0.2) is 13.4 Å². The number of aromatic nitrogens is 1. The minimum atomic E-state index is -4.26. The number of fused-ring (bicyclic) bond motifs is 2. The molecule has 13 heteroatoms. The highest BCUT2D eigenvalue weighted by Gasteiger charge is 2.35. The van der Waals surface area contributed by atoms with Gasteiger partial charge in [0.05, 0.1) is 34.2 Å². The second-order valence-corrected chi connectivity index (χ2v) is 14.4. The summed E-state index contributed by atoms with van der Waals surface area (Å²) in [5.74, 6) is -0.982. The number of hydrogen-bond acceptors (Lipinski definition) is 8. The van der Waals surface area contributed by atoms with Crippen LogP contribution in [0.4, 0.5) is 10.1 Å². The maximum Gasteiger partial charge on any atom is 0.303 e. The van der Waals surface area contributed by atoms with Crippen LogP contribution in [0.2, 0.25) is 0 Å². The normalized spacial score (nSPS) is 18.1. The molecule has 2 unspecified atom stereocenters. The maximum atomic E-state index is 14.2. The molecular formula is C31H39FN4O6S2. The summed E-state index contributed by atoms with van der Waals surface area (Å²) in [6, 6.07) is 9.85. The van der Waals surface area contributed by atoms with Gasteiger partial charge >= 0.3 is 5.97 Å². The molecule has 44 heavy (non-hydrogen) atoms. The van der Waals surface area contributed by atoms with Crippen LogP contribution in [0.15, 0.2) is 41.3 Å². The van der Waals surface area contributed by atoms with E-state index in [9.17, 15) is 27.5 Å². The number of para-hydroxylation sites is 1. The topological polar surface area (TPSA) is 138 Å². The Kier molecular flexibility index (Phi) is 10.5. The number of thiazole rings is 1. The van der Waals surface area contributed by atoms with Crippen LogP contribution in [0.3, 0.4) is 0 Å². The first-order valence-corrected chi connectivity index (χ1v) is 17.3. The Morgan fingerprint density at radius 1 is 1.23 bits per heavy atom. The molecule has 0 saturated carbocycles. The molecule has 1 aromatic heterocycles. The molecule has 3 aromatic rings. The van der Waals surface area contributed by atoms with Crippen LogP contribution in [0.25, 0.3) is 10.2 Å². The van der Waals surface area contributed by atoms with E-state index in [4.69, 9.17) is 4.74 Å². The van der Waals surface area contributed by atoms with Crippen molar-refractivity contribution in [1.82, 2.24) is 14.6 Å². The molecule has 238 valence electrons. The zero-order valence-electron chi connectivity index (χ0n) is 24.8. The van der Waals surface area contributed by atoms with Crippen molar-refractivity contribution in [3.63, 3.8) is 0 Å². The predicted octanol–water partition coefficient (Wildman–Crippen LogP) is 4.03. The molecule has 5 rings (SSSR count). The van der Waals surface area contributed by atoms with Gasteiger partial charge in [0.1, 0.15) is 10.9 Å². The van der Waals surface area contributed by atoms with Gasteiger partial charge in [-0.2, -0.15) is 4.72 Å². The van der Waals surface area contributed by atoms with Crippen molar-refractivity contribution >= 4 is 49.1 Å². The number of piperidine rings is 1. The molecule has 1 amide bonds. The van der Waals surface area contributed by atoms with Crippen LogP contribution in [0, 0.1) is 11.8 Å². The Bertz CT molecular complexity index is 1560. The molecule has 0 spiro atoms. The fraction of sp³-hybridized carbons (Fsp3) is 0.516. The van der Waals surface area contributed by atoms with Crippen LogP contribution >= 0.6 is 11.3 Å². The number of hydrogen-bond donors (Lipinski definition) is 3. The molecule has 3 N–H and O–H groups in total. The number of nitrogens with one attached hydrogen (secondary N) is 2. The average molecular weight is 647 g/mol. The largest absolute Gasteiger partial charge is 0.481 e. The quantitative estimate of drug-likeness (QED) is 0.253. The standard InChI is InChI=1S/C31H39FN4O6S2/c1-42-19-22-15-23-14-21(6-7-29(37)38)16-27(30(23)33-18-22)44(40,41)35-25(17-28-34-24-4-2-3-5-26(24)43-28)31(39)36-12-9-20(8-11-32)10-13-36/h2-5,14,16,20,22,25,33,35H,6-13,15,17-19H2,1H3,(H,37,38). The summed E-state index contributed by atoms with van der Waals surface area (Å²) in [6.07, 6.45) is 2.47. The van der Waals surface area contributed by atoms with Gasteiger partial charge in [0.2, 0.25) is 15.9 Å². The van der Waals surface area contributed by atoms with Crippen LogP contribution in [0.1, 0.15) is 41.8 Å². The van der Waals surface area contributed by atoms with Gasteiger partial charge in [0.15, 0.2) is 0 Å². The fourth-order valence-corrected chi connectivity index (χ4v) is 8.59. The first kappa shape index (κ1) is 32.3. The second-order valence-electron chi connectivity index (χ2n) is 11.6. The molecule has 2 aliphatic heterocycles. The van der Waals surface area contributed by atoms with E-state index in [1.165, 1.54) is 17.4 Å². The highest BCUT2D eigenvalue weighted by Crippen LogP contribution is 2.34. The SMILES string of the molecule is COCC1CNc2c(cc(CCC(=O)O)cc2S(=O)(=O)NC(Cc2nc3ccccc3s2)C(=O)N2CCC(CCF)CC2)C1. The number of carbonyl (C=O) groups is 2. The number of carboxylic acid groups (broad SMARTS) is 1. The van der Waals surface area contributed by atoms with Gasteiger partial charge in [-0.1, -0.05) is 18.2 Å². The number of nitrogens with zero attached hydrogens (tertiary/aromatic N) is 2. The van der Waals surface area contributed by atoms with E-state index >= 15 is 0 Å². The summed E-state index contributed by atoms with van der Waals surface area (Å²) in [6.45, 7) is 1.48. The molecular weight excluding hydrogens is 607 g/mol. The number of carbonyl (C=O) groups excluding carboxylic acids is 1. The highest BCUT2D eigenvalue weighted by atomic mass is 32.2. The highest BCUT2D eigenvalue weighted by molar-refractivity contribution is 7.89. The van der Waals surface area contributed by atoms with Gasteiger partial charge in [0, 0.05) is 45.5 Å². The fourth-order valence-electron chi connectivity index (χ4n) is 6.12. The molecule has 0 aliphatic carbocycles. The minimum Gasteiger partial charge on any atom is -0.481 e. The molecule has 1 saturated heterocycles. The van der Waals surface area contributed by atoms with Crippen molar-refractivity contribution in [2.24, 2.45) is 11.8 Å². The lowest BCUT2D eigenvalue weighted by Gasteiger charge is -2.34. The summed E-state index contributed by atoms with van der Waals surface area (Å²) < 4.78 is 50.3. The van der Waals surface area contributed by atoms with E-state index in [1.54, 1.807) is 12.0 Å². The zero-order valence-corrected chi connectivity index (χ0v) is 26.4. The first-order valence-electron chi connectivity index (χ1n) is 15.0. The van der Waals surface area contributed by atoms with Crippen molar-refractivity contribution in [3.05, 3.63) is 52.5 Å². The molecule has 0 radical (unpaired) electrons. The molecule has 0 bridgehead atoms. The number of ether oxygens (including phenoxy) is 1. The first-order chi connectivity index (χ1) is 21.2. The van der Waals surface area contributed by atoms with E-state index in [-0.39, 0.29) is 41.9 Å². The van der Waals surface area contributed by atoms with E-state index in [1.807, 2.05) is 30.3 Å². The Balaban J connectivity index is 1.46. The number of rotatable bonds is 13. The zero-order chi connectivity index (χ0) is 31.3. The smallest absolute Gasteiger partial charge is 0.303 e. The predicted molar refractivity (Wildman–Crippen MR) is 167 cm³/mol. The summed E-state index contributed by atoms with van der Waals surface area (Å²) in [7, 11) is -2.64. The van der Waals surface area contributed by atoms with Gasteiger partial charge in [-0.3, -0.25) is 14.0 Å². The number of aliphatic carboxylic acids is 1. The van der Waals surface area contributed by atoms with Gasteiger partial charge in [-0.15, -0.1) is 11.3 Å². The van der Waals surface area contributed by atoms with Crippen molar-refractivity contribution in [2.75, 3.05) is 45.3 Å². The van der Waals surface area contributed by atoms with Crippen molar-refractivity contribution in [3.8, 4) is 0 Å². The molecule has 3 heterocycles. The minimum absolute atomic E-state index is 0.00462. The van der Waals surface area contributed by atoms with E-state index < -0.39 is 28.7 Å². The third-order valence-corrected chi connectivity index (χ3v) is 10.9. The van der Waals surface area contributed by atoms with Crippen LogP contribution < -0.4 is 10.0 Å². The Labute approximate surface area is 261 Å². The summed E-state index contributed by atoms with van der Waals surface area (Å²) in [5.41, 5.74) is 2.60. The Morgan fingerprint density at radius 3 is 2.70 bits per heavy atom. The Hall–Kier alpha value is -3.13. The number of halogens is 1. The number of carboxylic acids is 1.